The zero-order valence-electron chi connectivity index (χ0n) is 11.3. The maximum absolute atomic E-state index is 5.94. The van der Waals surface area contributed by atoms with Gasteiger partial charge < -0.3 is 9.88 Å². The van der Waals surface area contributed by atoms with Gasteiger partial charge in [0.05, 0.1) is 6.33 Å². The molecule has 0 aliphatic rings. The summed E-state index contributed by atoms with van der Waals surface area (Å²) in [4.78, 5) is 17.7. The summed E-state index contributed by atoms with van der Waals surface area (Å²) in [5.74, 6) is 0.782. The topological polar surface area (TPSA) is 57.7 Å². The van der Waals surface area contributed by atoms with Gasteiger partial charge in [0.15, 0.2) is 11.5 Å². The van der Waals surface area contributed by atoms with Crippen LogP contribution in [-0.4, -0.2) is 33.0 Å². The van der Waals surface area contributed by atoms with Gasteiger partial charge in [0.25, 0.3) is 0 Å². The molecule has 18 heavy (non-hydrogen) atoms. The molecule has 0 spiro atoms. The number of fused-ring (bicyclic) bond motifs is 1. The molecule has 0 amide bonds. The molecular formula is C12H18ClN5. The van der Waals surface area contributed by atoms with Crippen molar-refractivity contribution in [3.05, 3.63) is 11.6 Å². The van der Waals surface area contributed by atoms with Crippen LogP contribution in [0.15, 0.2) is 6.33 Å². The number of aromatic nitrogens is 4. The zero-order chi connectivity index (χ0) is 13.5. The van der Waals surface area contributed by atoms with E-state index >= 15 is 0 Å². The van der Waals surface area contributed by atoms with E-state index in [2.05, 4.69) is 52.5 Å². The number of nitrogens with zero attached hydrogens (tertiary/aromatic N) is 4. The van der Waals surface area contributed by atoms with Gasteiger partial charge in [-0.2, -0.15) is 9.97 Å². The van der Waals surface area contributed by atoms with Gasteiger partial charge in [0, 0.05) is 13.1 Å². The number of halogens is 1. The first kappa shape index (κ1) is 13.1. The summed E-state index contributed by atoms with van der Waals surface area (Å²) in [5, 5.41) is 0.220. The predicted octanol–water partition coefficient (Wildman–Crippen LogP) is 2.88. The van der Waals surface area contributed by atoms with Crippen molar-refractivity contribution in [2.24, 2.45) is 5.41 Å². The first-order valence-corrected chi connectivity index (χ1v) is 6.28. The molecule has 0 aliphatic heterocycles. The number of aromatic amines is 1. The van der Waals surface area contributed by atoms with Crippen molar-refractivity contribution in [2.45, 2.75) is 33.7 Å². The normalized spacial score (nSPS) is 13.9. The Morgan fingerprint density at radius 3 is 2.61 bits per heavy atom. The third-order valence-electron chi connectivity index (χ3n) is 3.41. The molecular weight excluding hydrogens is 250 g/mol. The fraction of sp³-hybridized carbons (Fsp3) is 0.583. The number of H-pyrrole nitrogens is 1. The van der Waals surface area contributed by atoms with Gasteiger partial charge in [-0.1, -0.05) is 20.8 Å². The number of hydrogen-bond donors (Lipinski definition) is 1. The Morgan fingerprint density at radius 2 is 2.00 bits per heavy atom. The molecule has 5 nitrogen and oxygen atoms in total. The van der Waals surface area contributed by atoms with Crippen LogP contribution in [-0.2, 0) is 0 Å². The van der Waals surface area contributed by atoms with Crippen LogP contribution in [0.4, 0.5) is 5.82 Å². The third-order valence-corrected chi connectivity index (χ3v) is 3.58. The van der Waals surface area contributed by atoms with Crippen LogP contribution in [0.3, 0.4) is 0 Å². The van der Waals surface area contributed by atoms with E-state index in [1.165, 1.54) is 0 Å². The smallest absolute Gasteiger partial charge is 0.226 e. The molecule has 0 aromatic carbocycles. The lowest BCUT2D eigenvalue weighted by Gasteiger charge is -2.36. The minimum atomic E-state index is 0.137. The van der Waals surface area contributed by atoms with Gasteiger partial charge in [-0.25, -0.2) is 4.98 Å². The van der Waals surface area contributed by atoms with Gasteiger partial charge in [0.1, 0.15) is 5.52 Å². The van der Waals surface area contributed by atoms with Gasteiger partial charge in [-0.3, -0.25) is 0 Å². The Balaban J connectivity index is 2.50. The summed E-state index contributed by atoms with van der Waals surface area (Å²) in [6.45, 7) is 8.75. The summed E-state index contributed by atoms with van der Waals surface area (Å²) in [6.07, 6.45) is 1.61. The summed E-state index contributed by atoms with van der Waals surface area (Å²) in [5.41, 5.74) is 1.55. The van der Waals surface area contributed by atoms with E-state index in [9.17, 15) is 0 Å². The number of rotatable bonds is 2. The van der Waals surface area contributed by atoms with Crippen LogP contribution < -0.4 is 4.90 Å². The first-order valence-electron chi connectivity index (χ1n) is 5.90. The molecule has 2 rings (SSSR count). The Kier molecular flexibility index (Phi) is 3.19. The zero-order valence-corrected chi connectivity index (χ0v) is 12.1. The van der Waals surface area contributed by atoms with E-state index in [1.807, 2.05) is 7.05 Å². The quantitative estimate of drug-likeness (QED) is 0.850. The lowest BCUT2D eigenvalue weighted by atomic mass is 9.87. The molecule has 0 saturated carbocycles. The molecule has 0 fully saturated rings. The van der Waals surface area contributed by atoms with Crippen LogP contribution in [0, 0.1) is 5.41 Å². The third kappa shape index (κ3) is 2.27. The van der Waals surface area contributed by atoms with Crippen LogP contribution in [0.2, 0.25) is 5.28 Å². The standard InChI is InChI=1S/C12H18ClN5/c1-7(12(2,3)4)18(5)10-8-9(15-6-14-8)16-11(13)17-10/h6-7H,1-5H3,(H,14,15,16,17). The Bertz CT molecular complexity index is 557. The highest BCUT2D eigenvalue weighted by atomic mass is 35.5. The van der Waals surface area contributed by atoms with E-state index in [4.69, 9.17) is 11.6 Å². The molecule has 1 atom stereocenters. The van der Waals surface area contributed by atoms with Crippen molar-refractivity contribution in [3.63, 3.8) is 0 Å². The SMILES string of the molecule is CC(N(C)c1nc(Cl)nc2nc[nH]c12)C(C)(C)C. The highest BCUT2D eigenvalue weighted by molar-refractivity contribution is 6.28. The average molecular weight is 268 g/mol. The highest BCUT2D eigenvalue weighted by Gasteiger charge is 2.26. The van der Waals surface area contributed by atoms with Gasteiger partial charge in [0.2, 0.25) is 5.28 Å². The summed E-state index contributed by atoms with van der Waals surface area (Å²) in [7, 11) is 2.01. The number of nitrogens with one attached hydrogen (secondary N) is 1. The fourth-order valence-corrected chi connectivity index (χ4v) is 1.97. The van der Waals surface area contributed by atoms with Crippen LogP contribution in [0.1, 0.15) is 27.7 Å². The maximum atomic E-state index is 5.94. The van der Waals surface area contributed by atoms with Crippen molar-refractivity contribution in [2.75, 3.05) is 11.9 Å². The first-order chi connectivity index (χ1) is 8.30. The number of anilines is 1. The lowest BCUT2D eigenvalue weighted by molar-refractivity contribution is 0.329. The summed E-state index contributed by atoms with van der Waals surface area (Å²) < 4.78 is 0. The molecule has 0 saturated heterocycles. The highest BCUT2D eigenvalue weighted by Crippen LogP contribution is 2.29. The van der Waals surface area contributed by atoms with E-state index in [-0.39, 0.29) is 10.7 Å². The van der Waals surface area contributed by atoms with Crippen LogP contribution in [0.25, 0.3) is 11.2 Å². The van der Waals surface area contributed by atoms with E-state index in [0.717, 1.165) is 11.3 Å². The molecule has 2 aromatic heterocycles. The molecule has 98 valence electrons. The second-order valence-corrected chi connectivity index (χ2v) is 5.91. The van der Waals surface area contributed by atoms with Crippen molar-refractivity contribution in [1.82, 2.24) is 19.9 Å². The van der Waals surface area contributed by atoms with Gasteiger partial charge in [-0.15, -0.1) is 0 Å². The largest absolute Gasteiger partial charge is 0.355 e. The van der Waals surface area contributed by atoms with Crippen molar-refractivity contribution in [1.29, 1.82) is 0 Å². The van der Waals surface area contributed by atoms with E-state index in [1.54, 1.807) is 6.33 Å². The monoisotopic (exact) mass is 267 g/mol. The van der Waals surface area contributed by atoms with Crippen molar-refractivity contribution < 1.29 is 0 Å². The van der Waals surface area contributed by atoms with Crippen LogP contribution >= 0.6 is 11.6 Å². The van der Waals surface area contributed by atoms with Gasteiger partial charge >= 0.3 is 0 Å². The average Bonchev–Trinajstić information content (AvgIpc) is 2.72. The molecule has 0 bridgehead atoms. The molecule has 6 heteroatoms. The Hall–Kier alpha value is -1.36. The second kappa shape index (κ2) is 4.39. The molecule has 0 radical (unpaired) electrons. The minimum Gasteiger partial charge on any atom is -0.355 e. The van der Waals surface area contributed by atoms with Crippen molar-refractivity contribution >= 4 is 28.6 Å². The second-order valence-electron chi connectivity index (χ2n) is 5.57. The summed E-state index contributed by atoms with van der Waals surface area (Å²) in [6, 6.07) is 0.301. The Morgan fingerprint density at radius 1 is 1.33 bits per heavy atom. The number of hydrogen-bond acceptors (Lipinski definition) is 4. The van der Waals surface area contributed by atoms with Crippen LogP contribution in [0.5, 0.6) is 0 Å². The lowest BCUT2D eigenvalue weighted by Crippen LogP contribution is -2.40. The molecule has 2 heterocycles. The molecule has 0 aliphatic carbocycles. The predicted molar refractivity (Wildman–Crippen MR) is 74.0 cm³/mol. The molecule has 1 N–H and O–H groups in total. The number of imidazole rings is 1. The maximum Gasteiger partial charge on any atom is 0.226 e. The van der Waals surface area contributed by atoms with Gasteiger partial charge in [-0.05, 0) is 23.9 Å². The van der Waals surface area contributed by atoms with E-state index in [0.29, 0.717) is 11.7 Å². The van der Waals surface area contributed by atoms with Crippen molar-refractivity contribution in [3.8, 4) is 0 Å². The minimum absolute atomic E-state index is 0.137. The Labute approximate surface area is 112 Å². The van der Waals surface area contributed by atoms with E-state index < -0.39 is 0 Å². The summed E-state index contributed by atoms with van der Waals surface area (Å²) >= 11 is 5.94. The molecule has 1 unspecified atom stereocenters. The molecule has 2 aromatic rings. The fourth-order valence-electron chi connectivity index (χ4n) is 1.81.